The van der Waals surface area contributed by atoms with Crippen molar-refractivity contribution in [1.29, 1.82) is 0 Å². The van der Waals surface area contributed by atoms with Gasteiger partial charge < -0.3 is 15.5 Å². The van der Waals surface area contributed by atoms with Gasteiger partial charge in [-0.2, -0.15) is 0 Å². The molecule has 1 unspecified atom stereocenters. The maximum atomic E-state index is 13.5. The number of carbonyl (C=O) groups excluding carboxylic acids is 3. The summed E-state index contributed by atoms with van der Waals surface area (Å²) in [5, 5.41) is 5.92. The van der Waals surface area contributed by atoms with E-state index >= 15 is 0 Å². The van der Waals surface area contributed by atoms with Crippen LogP contribution < -0.4 is 10.6 Å². The molecule has 1 aliphatic carbocycles. The molecule has 0 fully saturated rings. The van der Waals surface area contributed by atoms with Crippen molar-refractivity contribution in [3.63, 3.8) is 0 Å². The number of pyridine rings is 2. The molecule has 1 aliphatic heterocycles. The fraction of sp³-hybridized carbons (Fsp3) is 0.265. The van der Waals surface area contributed by atoms with Gasteiger partial charge in [0.1, 0.15) is 12.4 Å². The summed E-state index contributed by atoms with van der Waals surface area (Å²) in [6, 6.07) is 21.3. The largest absolute Gasteiger partial charge is 0.329 e. The Kier molecular flexibility index (Phi) is 6.85. The number of hydrogen-bond donors (Lipinski definition) is 2. The van der Waals surface area contributed by atoms with Crippen LogP contribution in [0, 0.1) is 5.41 Å². The lowest BCUT2D eigenvalue weighted by molar-refractivity contribution is -0.142. The fourth-order valence-electron chi connectivity index (χ4n) is 6.06. The zero-order chi connectivity index (χ0) is 29.5. The molecule has 0 radical (unpaired) electrons. The fourth-order valence-corrected chi connectivity index (χ4v) is 6.06. The molecule has 8 nitrogen and oxygen atoms in total. The van der Waals surface area contributed by atoms with Gasteiger partial charge in [-0.1, -0.05) is 63.2 Å². The van der Waals surface area contributed by atoms with Crippen molar-refractivity contribution < 1.29 is 14.4 Å². The third-order valence-electron chi connectivity index (χ3n) is 8.08. The molecule has 4 aromatic rings. The SMILES string of the molecule is CC(C)(C)C(=O)N(CC(=O)Nc1ccc2c(c1)CC1(C2)C(=O)Nc2ncccc21)Cc1ccccc1-c1cccnc1. The molecule has 1 atom stereocenters. The molecule has 0 saturated carbocycles. The van der Waals surface area contributed by atoms with Gasteiger partial charge in [0.05, 0.1) is 5.41 Å². The van der Waals surface area contributed by atoms with Gasteiger partial charge in [-0.05, 0) is 59.4 Å². The maximum Gasteiger partial charge on any atom is 0.244 e. The third kappa shape index (κ3) is 5.04. The summed E-state index contributed by atoms with van der Waals surface area (Å²) < 4.78 is 0. The molecule has 3 heterocycles. The molecule has 2 aromatic carbocycles. The van der Waals surface area contributed by atoms with E-state index in [2.05, 4.69) is 20.6 Å². The molecule has 1 spiro atoms. The van der Waals surface area contributed by atoms with Crippen LogP contribution in [-0.2, 0) is 39.2 Å². The highest BCUT2D eigenvalue weighted by atomic mass is 16.2. The van der Waals surface area contributed by atoms with E-state index in [1.807, 2.05) is 87.5 Å². The first-order valence-electron chi connectivity index (χ1n) is 14.1. The zero-order valence-corrected chi connectivity index (χ0v) is 24.0. The van der Waals surface area contributed by atoms with Crippen LogP contribution in [0.2, 0.25) is 0 Å². The van der Waals surface area contributed by atoms with Crippen molar-refractivity contribution in [1.82, 2.24) is 14.9 Å². The molecule has 42 heavy (non-hydrogen) atoms. The summed E-state index contributed by atoms with van der Waals surface area (Å²) in [6.45, 7) is 5.76. The summed E-state index contributed by atoms with van der Waals surface area (Å²) in [5.74, 6) is 0.180. The van der Waals surface area contributed by atoms with E-state index in [1.165, 1.54) is 0 Å². The van der Waals surface area contributed by atoms with Crippen molar-refractivity contribution >= 4 is 29.2 Å². The number of fused-ring (bicyclic) bond motifs is 3. The van der Waals surface area contributed by atoms with Gasteiger partial charge in [-0.3, -0.25) is 19.4 Å². The molecule has 6 rings (SSSR count). The average Bonchev–Trinajstić information content (AvgIpc) is 3.49. The molecule has 0 saturated heterocycles. The topological polar surface area (TPSA) is 104 Å². The highest BCUT2D eigenvalue weighted by molar-refractivity contribution is 6.06. The lowest BCUT2D eigenvalue weighted by atomic mass is 9.79. The number of aromatic nitrogens is 2. The Balaban J connectivity index is 1.21. The molecule has 212 valence electrons. The van der Waals surface area contributed by atoms with Crippen LogP contribution in [0.3, 0.4) is 0 Å². The minimum Gasteiger partial charge on any atom is -0.329 e. The van der Waals surface area contributed by atoms with Gasteiger partial charge in [0.25, 0.3) is 0 Å². The van der Waals surface area contributed by atoms with E-state index in [0.29, 0.717) is 24.3 Å². The summed E-state index contributed by atoms with van der Waals surface area (Å²) >= 11 is 0. The van der Waals surface area contributed by atoms with Crippen molar-refractivity contribution in [2.45, 2.75) is 45.6 Å². The Morgan fingerprint density at radius 2 is 1.76 bits per heavy atom. The van der Waals surface area contributed by atoms with Crippen molar-refractivity contribution in [3.05, 3.63) is 108 Å². The minimum atomic E-state index is -0.674. The van der Waals surface area contributed by atoms with Crippen LogP contribution in [0.4, 0.5) is 11.5 Å². The van der Waals surface area contributed by atoms with Crippen LogP contribution >= 0.6 is 0 Å². The Bertz CT molecular complexity index is 1700. The normalized spacial score (nSPS) is 17.0. The van der Waals surface area contributed by atoms with E-state index < -0.39 is 10.8 Å². The number of benzene rings is 2. The van der Waals surface area contributed by atoms with E-state index in [4.69, 9.17) is 0 Å². The predicted octanol–water partition coefficient (Wildman–Crippen LogP) is 5.15. The number of anilines is 2. The van der Waals surface area contributed by atoms with E-state index in [9.17, 15) is 14.4 Å². The standard InChI is InChI=1S/C34H33N5O3/c1-33(2,3)32(42)39(20-24-8-4-5-10-27(24)23-9-6-14-35-19-23)21-29(40)37-26-13-12-22-17-34(18-25(22)16-26)28-11-7-15-36-30(28)38-31(34)41/h4-16,19H,17-18,20-21H2,1-3H3,(H,37,40)(H,36,38,41). The Morgan fingerprint density at radius 1 is 0.976 bits per heavy atom. The molecule has 8 heteroatoms. The van der Waals surface area contributed by atoms with Crippen LogP contribution in [0.15, 0.2) is 85.3 Å². The summed E-state index contributed by atoms with van der Waals surface area (Å²) in [4.78, 5) is 50.1. The molecular weight excluding hydrogens is 526 g/mol. The van der Waals surface area contributed by atoms with Crippen molar-refractivity contribution in [3.8, 4) is 11.1 Å². The predicted molar refractivity (Wildman–Crippen MR) is 162 cm³/mol. The van der Waals surface area contributed by atoms with E-state index in [0.717, 1.165) is 33.4 Å². The quantitative estimate of drug-likeness (QED) is 0.340. The minimum absolute atomic E-state index is 0.0408. The molecular formula is C34H33N5O3. The van der Waals surface area contributed by atoms with Gasteiger partial charge in [-0.25, -0.2) is 4.98 Å². The smallest absolute Gasteiger partial charge is 0.244 e. The third-order valence-corrected chi connectivity index (χ3v) is 8.08. The highest BCUT2D eigenvalue weighted by Gasteiger charge is 2.51. The first-order chi connectivity index (χ1) is 20.1. The van der Waals surface area contributed by atoms with Crippen LogP contribution in [0.25, 0.3) is 11.1 Å². The van der Waals surface area contributed by atoms with Crippen LogP contribution in [0.5, 0.6) is 0 Å². The monoisotopic (exact) mass is 559 g/mol. The molecule has 0 bridgehead atoms. The van der Waals surface area contributed by atoms with Gasteiger partial charge in [0.15, 0.2) is 0 Å². The van der Waals surface area contributed by atoms with Crippen LogP contribution in [-0.4, -0.2) is 39.1 Å². The van der Waals surface area contributed by atoms with Crippen molar-refractivity contribution in [2.75, 3.05) is 17.2 Å². The number of nitrogens with one attached hydrogen (secondary N) is 2. The molecule has 2 aliphatic rings. The number of hydrogen-bond acceptors (Lipinski definition) is 5. The molecule has 2 N–H and O–H groups in total. The Hall–Kier alpha value is -4.85. The lowest BCUT2D eigenvalue weighted by Gasteiger charge is -2.30. The second kappa shape index (κ2) is 10.5. The second-order valence-corrected chi connectivity index (χ2v) is 12.1. The first-order valence-corrected chi connectivity index (χ1v) is 14.1. The molecule has 3 amide bonds. The van der Waals surface area contributed by atoms with Gasteiger partial charge in [-0.15, -0.1) is 0 Å². The Morgan fingerprint density at radius 3 is 2.55 bits per heavy atom. The second-order valence-electron chi connectivity index (χ2n) is 12.1. The Labute approximate surface area is 245 Å². The number of rotatable bonds is 6. The highest BCUT2D eigenvalue weighted by Crippen LogP contribution is 2.47. The van der Waals surface area contributed by atoms with E-state index in [1.54, 1.807) is 23.5 Å². The van der Waals surface area contributed by atoms with Gasteiger partial charge >= 0.3 is 0 Å². The zero-order valence-electron chi connectivity index (χ0n) is 24.0. The number of nitrogens with zero attached hydrogens (tertiary/aromatic N) is 3. The van der Waals surface area contributed by atoms with Crippen molar-refractivity contribution in [2.24, 2.45) is 5.41 Å². The van der Waals surface area contributed by atoms with Crippen LogP contribution in [0.1, 0.15) is 43.0 Å². The van der Waals surface area contributed by atoms with E-state index in [-0.39, 0.29) is 30.8 Å². The van der Waals surface area contributed by atoms with Gasteiger partial charge in [0, 0.05) is 47.4 Å². The summed E-state index contributed by atoms with van der Waals surface area (Å²) in [5.41, 5.74) is 5.17. The summed E-state index contributed by atoms with van der Waals surface area (Å²) in [7, 11) is 0. The maximum absolute atomic E-state index is 13.5. The number of amides is 3. The first kappa shape index (κ1) is 27.3. The molecule has 2 aromatic heterocycles. The van der Waals surface area contributed by atoms with Gasteiger partial charge in [0.2, 0.25) is 17.7 Å². The summed E-state index contributed by atoms with van der Waals surface area (Å²) in [6.07, 6.45) is 6.33. The number of carbonyl (C=O) groups is 3. The lowest BCUT2D eigenvalue weighted by Crippen LogP contribution is -2.43. The average molecular weight is 560 g/mol.